The summed E-state index contributed by atoms with van der Waals surface area (Å²) in [5.41, 5.74) is 0.615. The van der Waals surface area contributed by atoms with Crippen LogP contribution in [0, 0.1) is 0 Å². The van der Waals surface area contributed by atoms with Crippen LogP contribution in [0.5, 0.6) is 0 Å². The van der Waals surface area contributed by atoms with E-state index in [0.717, 1.165) is 34.8 Å². The van der Waals surface area contributed by atoms with Gasteiger partial charge in [-0.2, -0.15) is 17.5 Å². The van der Waals surface area contributed by atoms with Gasteiger partial charge in [0.25, 0.3) is 0 Å². The van der Waals surface area contributed by atoms with E-state index in [1.165, 1.54) is 36.1 Å². The molecule has 1 heterocycles. The number of nitrogens with one attached hydrogen (secondary N) is 1. The molecule has 1 unspecified atom stereocenters. The number of nitrogens with zero attached hydrogens (tertiary/aromatic N) is 2. The lowest BCUT2D eigenvalue weighted by Gasteiger charge is -2.39. The molecule has 0 radical (unpaired) electrons. The summed E-state index contributed by atoms with van der Waals surface area (Å²) in [7, 11) is -4.03. The Morgan fingerprint density at radius 1 is 1.00 bits per heavy atom. The quantitative estimate of drug-likeness (QED) is 0.619. The number of halogens is 3. The molecule has 1 N–H and O–H groups in total. The van der Waals surface area contributed by atoms with Gasteiger partial charge in [-0.05, 0) is 41.8 Å². The maximum Gasteiger partial charge on any atom is 0.416 e. The molecule has 0 bridgehead atoms. The number of rotatable bonds is 7. The van der Waals surface area contributed by atoms with Crippen LogP contribution < -0.4 is 5.32 Å². The molecule has 0 aromatic heterocycles. The van der Waals surface area contributed by atoms with Crippen molar-refractivity contribution in [1.82, 2.24) is 14.5 Å². The smallest absolute Gasteiger partial charge is 0.351 e. The lowest BCUT2D eigenvalue weighted by atomic mass is 10.1. The average molecular weight is 512 g/mol. The third-order valence-electron chi connectivity index (χ3n) is 5.90. The number of sulfonamides is 1. The third-order valence-corrected chi connectivity index (χ3v) is 7.82. The predicted molar refractivity (Wildman–Crippen MR) is 124 cm³/mol. The van der Waals surface area contributed by atoms with E-state index >= 15 is 0 Å². The highest BCUT2D eigenvalue weighted by atomic mass is 32.2. The van der Waals surface area contributed by atoms with Crippen LogP contribution >= 0.6 is 0 Å². The van der Waals surface area contributed by atoms with Crippen molar-refractivity contribution in [3.05, 3.63) is 65.2 Å². The Balaban J connectivity index is 1.79. The second-order valence-electron chi connectivity index (χ2n) is 8.40. The Kier molecular flexibility index (Phi) is 8.22. The molecule has 11 heteroatoms. The van der Waals surface area contributed by atoms with Crippen LogP contribution in [-0.2, 0) is 38.8 Å². The minimum Gasteiger partial charge on any atom is -0.351 e. The first kappa shape index (κ1) is 26.7. The number of hydrogen-bond acceptors (Lipinski definition) is 4. The number of alkyl halides is 3. The summed E-state index contributed by atoms with van der Waals surface area (Å²) in [5.74, 6) is -0.923. The topological polar surface area (TPSA) is 86.8 Å². The number of amides is 2. The Morgan fingerprint density at radius 3 is 2.14 bits per heavy atom. The molecular formula is C24H28F3N3O4S. The van der Waals surface area contributed by atoms with Crippen molar-refractivity contribution >= 4 is 21.8 Å². The van der Waals surface area contributed by atoms with Gasteiger partial charge in [-0.25, -0.2) is 8.42 Å². The standard InChI is InChI=1S/C24H28F3N3O4S/c1-3-4-18-7-11-21(12-8-18)35(33,34)30-14-13-29(17(2)31)16-22(30)23(32)28-15-19-5-9-20(10-6-19)24(25,26)27/h5-12,22H,3-4,13-16H2,1-2H3,(H,28,32). The zero-order valence-corrected chi connectivity index (χ0v) is 20.3. The van der Waals surface area contributed by atoms with E-state index in [-0.39, 0.29) is 37.0 Å². The first-order chi connectivity index (χ1) is 16.4. The molecule has 7 nitrogen and oxygen atoms in total. The number of carbonyl (C=O) groups is 2. The van der Waals surface area contributed by atoms with Gasteiger partial charge >= 0.3 is 6.18 Å². The number of hydrogen-bond donors (Lipinski definition) is 1. The van der Waals surface area contributed by atoms with E-state index in [1.807, 2.05) is 6.92 Å². The maximum absolute atomic E-state index is 13.4. The predicted octanol–water partition coefficient (Wildman–Crippen LogP) is 3.20. The summed E-state index contributed by atoms with van der Waals surface area (Å²) in [6.45, 7) is 3.23. The van der Waals surface area contributed by atoms with Crippen LogP contribution in [0.2, 0.25) is 0 Å². The molecule has 2 aromatic rings. The molecule has 2 amide bonds. The second kappa shape index (κ2) is 10.8. The average Bonchev–Trinajstić information content (AvgIpc) is 2.82. The van der Waals surface area contributed by atoms with Crippen molar-refractivity contribution < 1.29 is 31.2 Å². The van der Waals surface area contributed by atoms with E-state index in [0.29, 0.717) is 5.56 Å². The molecule has 3 rings (SSSR count). The molecule has 190 valence electrons. The fraction of sp³-hybridized carbons (Fsp3) is 0.417. The van der Waals surface area contributed by atoms with Crippen LogP contribution in [0.1, 0.15) is 37.0 Å². The zero-order chi connectivity index (χ0) is 25.8. The highest BCUT2D eigenvalue weighted by Gasteiger charge is 2.40. The zero-order valence-electron chi connectivity index (χ0n) is 19.5. The van der Waals surface area contributed by atoms with Gasteiger partial charge in [-0.15, -0.1) is 0 Å². The van der Waals surface area contributed by atoms with Crippen molar-refractivity contribution in [2.75, 3.05) is 19.6 Å². The second-order valence-corrected chi connectivity index (χ2v) is 10.3. The van der Waals surface area contributed by atoms with E-state index in [9.17, 15) is 31.2 Å². The Labute approximate surface area is 203 Å². The Bertz CT molecular complexity index is 1150. The van der Waals surface area contributed by atoms with Gasteiger partial charge in [0.2, 0.25) is 21.8 Å². The van der Waals surface area contributed by atoms with E-state index < -0.39 is 33.7 Å². The van der Waals surface area contributed by atoms with Crippen LogP contribution in [0.15, 0.2) is 53.4 Å². The van der Waals surface area contributed by atoms with Crippen molar-refractivity contribution in [2.24, 2.45) is 0 Å². The minimum absolute atomic E-state index is 0.0502. The fourth-order valence-corrected chi connectivity index (χ4v) is 5.49. The molecule has 0 spiro atoms. The van der Waals surface area contributed by atoms with Crippen LogP contribution in [-0.4, -0.2) is 55.1 Å². The highest BCUT2D eigenvalue weighted by molar-refractivity contribution is 7.89. The summed E-state index contributed by atoms with van der Waals surface area (Å²) < 4.78 is 66.2. The van der Waals surface area contributed by atoms with Gasteiger partial charge in [0.1, 0.15) is 6.04 Å². The Hall–Kier alpha value is -2.92. The van der Waals surface area contributed by atoms with Crippen LogP contribution in [0.4, 0.5) is 13.2 Å². The van der Waals surface area contributed by atoms with Crippen molar-refractivity contribution in [3.8, 4) is 0 Å². The van der Waals surface area contributed by atoms with Gasteiger partial charge in [0, 0.05) is 33.1 Å². The molecule has 1 atom stereocenters. The summed E-state index contributed by atoms with van der Waals surface area (Å²) in [4.78, 5) is 26.4. The summed E-state index contributed by atoms with van der Waals surface area (Å²) >= 11 is 0. The van der Waals surface area contributed by atoms with E-state index in [4.69, 9.17) is 0 Å². The van der Waals surface area contributed by atoms with Crippen molar-refractivity contribution in [1.29, 1.82) is 0 Å². The van der Waals surface area contributed by atoms with Gasteiger partial charge in [0.15, 0.2) is 0 Å². The normalized spacial score (nSPS) is 17.3. The fourth-order valence-electron chi connectivity index (χ4n) is 3.92. The minimum atomic E-state index is -4.47. The Morgan fingerprint density at radius 2 is 1.60 bits per heavy atom. The van der Waals surface area contributed by atoms with Crippen molar-refractivity contribution in [2.45, 2.75) is 50.3 Å². The molecule has 0 saturated carbocycles. The molecule has 0 aliphatic carbocycles. The summed E-state index contributed by atoms with van der Waals surface area (Å²) in [6, 6.07) is 9.64. The SMILES string of the molecule is CCCc1ccc(S(=O)(=O)N2CCN(C(C)=O)CC2C(=O)NCc2ccc(C(F)(F)F)cc2)cc1. The molecular weight excluding hydrogens is 483 g/mol. The first-order valence-electron chi connectivity index (χ1n) is 11.2. The number of benzene rings is 2. The highest BCUT2D eigenvalue weighted by Crippen LogP contribution is 2.29. The molecule has 2 aromatic carbocycles. The lowest BCUT2D eigenvalue weighted by molar-refractivity contribution is -0.138. The summed E-state index contributed by atoms with van der Waals surface area (Å²) in [5, 5.41) is 2.60. The van der Waals surface area contributed by atoms with E-state index in [1.54, 1.807) is 12.1 Å². The van der Waals surface area contributed by atoms with Crippen molar-refractivity contribution in [3.63, 3.8) is 0 Å². The molecule has 1 aliphatic heterocycles. The number of aryl methyl sites for hydroxylation is 1. The number of carbonyl (C=O) groups excluding carboxylic acids is 2. The van der Waals surface area contributed by atoms with Gasteiger partial charge in [0.05, 0.1) is 10.5 Å². The largest absolute Gasteiger partial charge is 0.416 e. The lowest BCUT2D eigenvalue weighted by Crippen LogP contribution is -2.61. The van der Waals surface area contributed by atoms with E-state index in [2.05, 4.69) is 5.32 Å². The van der Waals surface area contributed by atoms with Gasteiger partial charge in [-0.3, -0.25) is 9.59 Å². The molecule has 1 saturated heterocycles. The first-order valence-corrected chi connectivity index (χ1v) is 12.7. The maximum atomic E-state index is 13.4. The molecule has 1 aliphatic rings. The van der Waals surface area contributed by atoms with Gasteiger partial charge in [-0.1, -0.05) is 37.6 Å². The third kappa shape index (κ3) is 6.40. The van der Waals surface area contributed by atoms with Crippen LogP contribution in [0.25, 0.3) is 0 Å². The monoisotopic (exact) mass is 511 g/mol. The van der Waals surface area contributed by atoms with Crippen LogP contribution in [0.3, 0.4) is 0 Å². The number of piperazine rings is 1. The van der Waals surface area contributed by atoms with Gasteiger partial charge < -0.3 is 10.2 Å². The summed E-state index contributed by atoms with van der Waals surface area (Å²) in [6.07, 6.45) is -2.74. The molecule has 35 heavy (non-hydrogen) atoms. The molecule has 1 fully saturated rings.